The molecule has 31 heavy (non-hydrogen) atoms. The van der Waals surface area contributed by atoms with Crippen LogP contribution in [0.4, 0.5) is 0 Å². The van der Waals surface area contributed by atoms with Crippen LogP contribution in [0.5, 0.6) is 0 Å². The van der Waals surface area contributed by atoms with Crippen LogP contribution in [0, 0.1) is 0 Å². The Morgan fingerprint density at radius 1 is 0.774 bits per heavy atom. The van der Waals surface area contributed by atoms with Crippen molar-refractivity contribution in [2.45, 2.75) is 91.2 Å². The first kappa shape index (κ1) is 28.9. The fourth-order valence-corrected chi connectivity index (χ4v) is 26.6. The minimum Gasteiger partial charge on any atom is -0.436 e. The van der Waals surface area contributed by atoms with E-state index < -0.39 is 42.3 Å². The van der Waals surface area contributed by atoms with Crippen molar-refractivity contribution >= 4 is 47.5 Å². The van der Waals surface area contributed by atoms with Gasteiger partial charge in [-0.15, -0.1) is 6.58 Å². The first-order valence-electron chi connectivity index (χ1n) is 11.6. The lowest BCUT2D eigenvalue weighted by molar-refractivity contribution is 0.306. The molecule has 0 aromatic heterocycles. The fraction of sp³-hybridized carbons (Fsp3) is 0.636. The lowest BCUT2D eigenvalue weighted by Gasteiger charge is -2.43. The van der Waals surface area contributed by atoms with Crippen LogP contribution in [0.25, 0.3) is 0 Å². The van der Waals surface area contributed by atoms with Crippen LogP contribution in [0.15, 0.2) is 42.6 Å². The summed E-state index contributed by atoms with van der Waals surface area (Å²) in [5.41, 5.74) is 1.91. The highest BCUT2D eigenvalue weighted by Crippen LogP contribution is 2.29. The van der Waals surface area contributed by atoms with Crippen LogP contribution in [-0.2, 0) is 16.5 Å². The molecule has 9 heteroatoms. The van der Waals surface area contributed by atoms with Crippen molar-refractivity contribution in [2.75, 3.05) is 0 Å². The fourth-order valence-electron chi connectivity index (χ4n) is 3.80. The summed E-state index contributed by atoms with van der Waals surface area (Å²) in [5, 5.41) is 1.15. The molecule has 0 aliphatic heterocycles. The molecule has 2 atom stereocenters. The highest BCUT2D eigenvalue weighted by atomic mass is 28.5. The standard InChI is InChI=1S/C22H46O4Si5/c1-12-15-21-28(6,7)24-31(11,22-19-17-16-18-20-22)26-30(10,14-3)25-29(8,9)23-27(4,5)13-2/h14,16-20H,3,12-13,15,21H2,1-2,4-11H3. The summed E-state index contributed by atoms with van der Waals surface area (Å²) in [6.07, 6.45) is 2.37. The molecular weight excluding hydrogens is 469 g/mol. The van der Waals surface area contributed by atoms with Crippen molar-refractivity contribution in [1.29, 1.82) is 0 Å². The van der Waals surface area contributed by atoms with Gasteiger partial charge in [-0.2, -0.15) is 0 Å². The highest BCUT2D eigenvalue weighted by Gasteiger charge is 2.49. The minimum atomic E-state index is -2.74. The average molecular weight is 515 g/mol. The van der Waals surface area contributed by atoms with Crippen LogP contribution in [0.1, 0.15) is 26.7 Å². The van der Waals surface area contributed by atoms with Crippen molar-refractivity contribution < 1.29 is 16.5 Å². The minimum absolute atomic E-state index is 1.07. The molecule has 0 spiro atoms. The Bertz CT molecular complexity index is 698. The average Bonchev–Trinajstić information content (AvgIpc) is 2.65. The van der Waals surface area contributed by atoms with Gasteiger partial charge < -0.3 is 16.5 Å². The Hall–Kier alpha value is -0.116. The molecule has 4 nitrogen and oxygen atoms in total. The normalized spacial score (nSPS) is 17.1. The van der Waals surface area contributed by atoms with E-state index in [1.54, 1.807) is 0 Å². The molecule has 0 N–H and O–H groups in total. The number of rotatable bonds is 14. The van der Waals surface area contributed by atoms with E-state index in [0.29, 0.717) is 0 Å². The lowest BCUT2D eigenvalue weighted by Crippen LogP contribution is -2.64. The van der Waals surface area contributed by atoms with E-state index >= 15 is 0 Å². The molecule has 1 aromatic rings. The third-order valence-corrected chi connectivity index (χ3v) is 25.6. The Morgan fingerprint density at radius 2 is 1.35 bits per heavy atom. The molecule has 0 saturated heterocycles. The van der Waals surface area contributed by atoms with Crippen molar-refractivity contribution in [3.63, 3.8) is 0 Å². The topological polar surface area (TPSA) is 36.9 Å². The first-order chi connectivity index (χ1) is 14.1. The molecule has 2 unspecified atom stereocenters. The molecule has 0 bridgehead atoms. The molecule has 0 amide bonds. The monoisotopic (exact) mass is 514 g/mol. The third-order valence-electron chi connectivity index (χ3n) is 5.49. The van der Waals surface area contributed by atoms with Gasteiger partial charge in [-0.1, -0.05) is 62.7 Å². The van der Waals surface area contributed by atoms with Gasteiger partial charge in [0, 0.05) is 0 Å². The van der Waals surface area contributed by atoms with E-state index in [1.807, 2.05) is 11.8 Å². The largest absolute Gasteiger partial charge is 0.436 e. The maximum atomic E-state index is 6.99. The van der Waals surface area contributed by atoms with Gasteiger partial charge in [-0.05, 0) is 69.7 Å². The van der Waals surface area contributed by atoms with Gasteiger partial charge in [0.15, 0.2) is 16.6 Å². The zero-order chi connectivity index (χ0) is 24.0. The molecule has 0 saturated carbocycles. The van der Waals surface area contributed by atoms with Gasteiger partial charge in [0.1, 0.15) is 0 Å². The van der Waals surface area contributed by atoms with Crippen molar-refractivity contribution in [3.8, 4) is 0 Å². The third kappa shape index (κ3) is 9.72. The zero-order valence-electron chi connectivity index (χ0n) is 21.6. The van der Waals surface area contributed by atoms with Crippen molar-refractivity contribution in [1.82, 2.24) is 0 Å². The Balaban J connectivity index is 3.25. The van der Waals surface area contributed by atoms with Gasteiger partial charge in [0.2, 0.25) is 0 Å². The van der Waals surface area contributed by atoms with Crippen LogP contribution >= 0.6 is 0 Å². The quantitative estimate of drug-likeness (QED) is 0.257. The second-order valence-electron chi connectivity index (χ2n) is 10.3. The SMILES string of the molecule is C=C[Si](C)(O[Si](C)(C)O[Si](C)(C)CC)O[Si](C)(O[Si](C)(C)CCCC)c1ccccc1. The summed E-state index contributed by atoms with van der Waals surface area (Å²) < 4.78 is 27.3. The second kappa shape index (κ2) is 11.3. The summed E-state index contributed by atoms with van der Waals surface area (Å²) in [6, 6.07) is 12.7. The predicted molar refractivity (Wildman–Crippen MR) is 146 cm³/mol. The van der Waals surface area contributed by atoms with Gasteiger partial charge >= 0.3 is 25.7 Å². The molecule has 0 radical (unpaired) electrons. The number of unbranched alkanes of at least 4 members (excludes halogenated alkanes) is 1. The van der Waals surface area contributed by atoms with Gasteiger partial charge in [-0.25, -0.2) is 0 Å². The molecule has 0 heterocycles. The summed E-state index contributed by atoms with van der Waals surface area (Å²) in [5.74, 6) is 0. The molecule has 1 aromatic carbocycles. The Morgan fingerprint density at radius 3 is 1.84 bits per heavy atom. The van der Waals surface area contributed by atoms with Crippen molar-refractivity contribution in [3.05, 3.63) is 42.6 Å². The molecule has 0 aliphatic rings. The van der Waals surface area contributed by atoms with Crippen LogP contribution in [-0.4, -0.2) is 42.3 Å². The smallest absolute Gasteiger partial charge is 0.350 e. The van der Waals surface area contributed by atoms with Crippen LogP contribution in [0.3, 0.4) is 0 Å². The van der Waals surface area contributed by atoms with Crippen molar-refractivity contribution in [2.24, 2.45) is 0 Å². The number of hydrogen-bond acceptors (Lipinski definition) is 4. The predicted octanol–water partition coefficient (Wildman–Crippen LogP) is 6.76. The lowest BCUT2D eigenvalue weighted by atomic mass is 10.4. The number of benzene rings is 1. The summed E-state index contributed by atoms with van der Waals surface area (Å²) >= 11 is 0. The number of hydrogen-bond donors (Lipinski definition) is 0. The highest BCUT2D eigenvalue weighted by molar-refractivity contribution is 6.96. The summed E-state index contributed by atoms with van der Waals surface area (Å²) in [4.78, 5) is 0. The molecule has 178 valence electrons. The van der Waals surface area contributed by atoms with E-state index in [1.165, 1.54) is 12.8 Å². The van der Waals surface area contributed by atoms with Gasteiger partial charge in [0.25, 0.3) is 0 Å². The maximum Gasteiger partial charge on any atom is 0.350 e. The second-order valence-corrected chi connectivity index (χ2v) is 29.5. The van der Waals surface area contributed by atoms with E-state index in [2.05, 4.69) is 97.1 Å². The van der Waals surface area contributed by atoms with E-state index in [-0.39, 0.29) is 0 Å². The van der Waals surface area contributed by atoms with Gasteiger partial charge in [0.05, 0.1) is 0 Å². The van der Waals surface area contributed by atoms with Crippen LogP contribution in [0.2, 0.25) is 64.5 Å². The summed E-state index contributed by atoms with van der Waals surface area (Å²) in [6.45, 7) is 26.2. The van der Waals surface area contributed by atoms with E-state index in [0.717, 1.165) is 17.3 Å². The molecular formula is C22H46O4Si5. The Labute approximate surface area is 197 Å². The zero-order valence-corrected chi connectivity index (χ0v) is 26.6. The molecule has 1 rings (SSSR count). The molecule has 0 fully saturated rings. The maximum absolute atomic E-state index is 6.99. The van der Waals surface area contributed by atoms with E-state index in [9.17, 15) is 0 Å². The summed E-state index contributed by atoms with van der Waals surface area (Å²) in [7, 11) is -11.5. The van der Waals surface area contributed by atoms with E-state index in [4.69, 9.17) is 16.5 Å². The molecule has 0 aliphatic carbocycles. The Kier molecular flexibility index (Phi) is 10.6. The van der Waals surface area contributed by atoms with Crippen LogP contribution < -0.4 is 5.19 Å². The first-order valence-corrected chi connectivity index (χ1v) is 25.4. The van der Waals surface area contributed by atoms with Gasteiger partial charge in [-0.3, -0.25) is 0 Å².